The summed E-state index contributed by atoms with van der Waals surface area (Å²) in [6.45, 7) is 6.26. The third-order valence-electron chi connectivity index (χ3n) is 3.57. The number of guanidine groups is 1. The van der Waals surface area contributed by atoms with Crippen LogP contribution < -0.4 is 15.4 Å². The monoisotopic (exact) mass is 449 g/mol. The average Bonchev–Trinajstić information content (AvgIpc) is 2.59. The predicted molar refractivity (Wildman–Crippen MR) is 111 cm³/mol. The van der Waals surface area contributed by atoms with E-state index in [2.05, 4.69) is 22.5 Å². The van der Waals surface area contributed by atoms with Crippen molar-refractivity contribution in [2.24, 2.45) is 4.99 Å². The molecule has 6 heteroatoms. The molecule has 0 bridgehead atoms. The Bertz CT molecular complexity index is 469. The van der Waals surface area contributed by atoms with Crippen molar-refractivity contribution in [1.82, 2.24) is 10.6 Å². The van der Waals surface area contributed by atoms with Crippen LogP contribution in [0, 0.1) is 0 Å². The van der Waals surface area contributed by atoms with Crippen LogP contribution in [0.25, 0.3) is 0 Å². The van der Waals surface area contributed by atoms with Crippen LogP contribution in [0.2, 0.25) is 0 Å². The number of aliphatic hydroxyl groups excluding tert-OH is 1. The van der Waals surface area contributed by atoms with Crippen molar-refractivity contribution in [1.29, 1.82) is 0 Å². The molecule has 0 spiro atoms. The van der Waals surface area contributed by atoms with E-state index in [0.29, 0.717) is 6.54 Å². The van der Waals surface area contributed by atoms with E-state index in [1.165, 1.54) is 19.3 Å². The lowest BCUT2D eigenvalue weighted by atomic mass is 10.1. The number of benzene rings is 1. The largest absolute Gasteiger partial charge is 0.497 e. The van der Waals surface area contributed by atoms with Crippen LogP contribution in [0.3, 0.4) is 0 Å². The molecule has 0 heterocycles. The molecule has 1 unspecified atom stereocenters. The summed E-state index contributed by atoms with van der Waals surface area (Å²) >= 11 is 0. The molecule has 3 N–H and O–H groups in total. The molecular formula is C18H32IN3O2. The number of hydrogen-bond acceptors (Lipinski definition) is 3. The summed E-state index contributed by atoms with van der Waals surface area (Å²) < 4.78 is 5.18. The van der Waals surface area contributed by atoms with Crippen molar-refractivity contribution in [3.8, 4) is 5.75 Å². The second kappa shape index (κ2) is 14.3. The third-order valence-corrected chi connectivity index (χ3v) is 3.57. The fourth-order valence-electron chi connectivity index (χ4n) is 2.23. The van der Waals surface area contributed by atoms with Gasteiger partial charge in [0.1, 0.15) is 5.75 Å². The van der Waals surface area contributed by atoms with Crippen LogP contribution in [0.4, 0.5) is 0 Å². The van der Waals surface area contributed by atoms with E-state index >= 15 is 0 Å². The van der Waals surface area contributed by atoms with Crippen molar-refractivity contribution < 1.29 is 9.84 Å². The summed E-state index contributed by atoms with van der Waals surface area (Å²) in [5.74, 6) is 1.50. The summed E-state index contributed by atoms with van der Waals surface area (Å²) in [5.41, 5.74) is 0.812. The van der Waals surface area contributed by atoms with E-state index in [1.807, 2.05) is 31.2 Å². The topological polar surface area (TPSA) is 65.9 Å². The van der Waals surface area contributed by atoms with Crippen molar-refractivity contribution in [2.75, 3.05) is 26.7 Å². The molecule has 0 fully saturated rings. The Morgan fingerprint density at radius 3 is 2.67 bits per heavy atom. The summed E-state index contributed by atoms with van der Waals surface area (Å²) in [6, 6.07) is 7.46. The average molecular weight is 449 g/mol. The maximum atomic E-state index is 10.3. The van der Waals surface area contributed by atoms with Crippen molar-refractivity contribution >= 4 is 29.9 Å². The van der Waals surface area contributed by atoms with Gasteiger partial charge >= 0.3 is 0 Å². The predicted octanol–water partition coefficient (Wildman–Crippen LogP) is 3.48. The van der Waals surface area contributed by atoms with Gasteiger partial charge in [0.25, 0.3) is 0 Å². The molecule has 1 rings (SSSR count). The molecule has 0 saturated carbocycles. The summed E-state index contributed by atoms with van der Waals surface area (Å²) in [5, 5.41) is 16.8. The number of nitrogens with one attached hydrogen (secondary N) is 2. The van der Waals surface area contributed by atoms with Crippen LogP contribution >= 0.6 is 24.0 Å². The van der Waals surface area contributed by atoms with Crippen LogP contribution in [-0.4, -0.2) is 37.8 Å². The van der Waals surface area contributed by atoms with E-state index in [0.717, 1.165) is 36.8 Å². The van der Waals surface area contributed by atoms with Gasteiger partial charge < -0.3 is 20.5 Å². The second-order valence-corrected chi connectivity index (χ2v) is 5.50. The molecule has 0 aliphatic rings. The molecule has 1 aromatic rings. The zero-order valence-corrected chi connectivity index (χ0v) is 17.4. The van der Waals surface area contributed by atoms with Crippen LogP contribution in [0.5, 0.6) is 5.75 Å². The van der Waals surface area contributed by atoms with Gasteiger partial charge in [0, 0.05) is 13.1 Å². The fraction of sp³-hybridized carbons (Fsp3) is 0.611. The van der Waals surface area contributed by atoms with Gasteiger partial charge in [-0.15, -0.1) is 24.0 Å². The first-order chi connectivity index (χ1) is 11.2. The van der Waals surface area contributed by atoms with Crippen molar-refractivity contribution in [3.05, 3.63) is 29.8 Å². The van der Waals surface area contributed by atoms with Crippen molar-refractivity contribution in [2.45, 2.75) is 45.6 Å². The quantitative estimate of drug-likeness (QED) is 0.222. The van der Waals surface area contributed by atoms with E-state index in [1.54, 1.807) is 7.11 Å². The zero-order chi connectivity index (χ0) is 16.9. The Labute approximate surface area is 163 Å². The molecule has 0 aliphatic carbocycles. The molecule has 0 amide bonds. The van der Waals surface area contributed by atoms with Crippen LogP contribution in [0.1, 0.15) is 51.2 Å². The first-order valence-electron chi connectivity index (χ1n) is 8.55. The lowest BCUT2D eigenvalue weighted by Gasteiger charge is -2.13. The highest BCUT2D eigenvalue weighted by atomic mass is 127. The standard InChI is InChI=1S/C18H31N3O2.HI/c1-4-6-7-8-12-20-18(19-5-2)21-14-17(22)15-10-9-11-16(13-15)23-3;/h9-11,13,17,22H,4-8,12,14H2,1-3H3,(H2,19,20,21);1H. The minimum absolute atomic E-state index is 0. The highest BCUT2D eigenvalue weighted by molar-refractivity contribution is 14.0. The highest BCUT2D eigenvalue weighted by Gasteiger charge is 2.08. The van der Waals surface area contributed by atoms with E-state index < -0.39 is 6.10 Å². The van der Waals surface area contributed by atoms with Gasteiger partial charge in [0.05, 0.1) is 19.8 Å². The lowest BCUT2D eigenvalue weighted by Crippen LogP contribution is -2.38. The number of aliphatic imine (C=N–C) groups is 1. The maximum Gasteiger partial charge on any atom is 0.191 e. The van der Waals surface area contributed by atoms with Gasteiger partial charge in [-0.25, -0.2) is 0 Å². The number of rotatable bonds is 10. The lowest BCUT2D eigenvalue weighted by molar-refractivity contribution is 0.186. The molecule has 1 aromatic carbocycles. The normalized spacial score (nSPS) is 12.2. The number of nitrogens with zero attached hydrogens (tertiary/aromatic N) is 1. The summed E-state index contributed by atoms with van der Waals surface area (Å²) in [6.07, 6.45) is 4.23. The van der Waals surface area contributed by atoms with Gasteiger partial charge in [-0.05, 0) is 31.0 Å². The number of ether oxygens (including phenoxy) is 1. The first-order valence-corrected chi connectivity index (χ1v) is 8.55. The Hall–Kier alpha value is -1.02. The van der Waals surface area contributed by atoms with E-state index in [-0.39, 0.29) is 24.0 Å². The number of aliphatic hydroxyl groups is 1. The molecule has 24 heavy (non-hydrogen) atoms. The molecular weight excluding hydrogens is 417 g/mol. The summed E-state index contributed by atoms with van der Waals surface area (Å²) in [4.78, 5) is 4.47. The number of unbranched alkanes of at least 4 members (excludes halogenated alkanes) is 3. The highest BCUT2D eigenvalue weighted by Crippen LogP contribution is 2.19. The Kier molecular flexibility index (Phi) is 13.7. The molecule has 138 valence electrons. The van der Waals surface area contributed by atoms with Gasteiger partial charge in [0.2, 0.25) is 0 Å². The van der Waals surface area contributed by atoms with Crippen molar-refractivity contribution in [3.63, 3.8) is 0 Å². The second-order valence-electron chi connectivity index (χ2n) is 5.50. The summed E-state index contributed by atoms with van der Waals surface area (Å²) in [7, 11) is 1.62. The maximum absolute atomic E-state index is 10.3. The van der Waals surface area contributed by atoms with Crippen LogP contribution in [-0.2, 0) is 0 Å². The van der Waals surface area contributed by atoms with Gasteiger partial charge in [0.15, 0.2) is 5.96 Å². The molecule has 1 atom stereocenters. The van der Waals surface area contributed by atoms with Gasteiger partial charge in [-0.1, -0.05) is 38.3 Å². The van der Waals surface area contributed by atoms with E-state index in [9.17, 15) is 5.11 Å². The molecule has 0 aromatic heterocycles. The minimum atomic E-state index is -0.638. The number of halogens is 1. The minimum Gasteiger partial charge on any atom is -0.497 e. The molecule has 5 nitrogen and oxygen atoms in total. The first kappa shape index (κ1) is 23.0. The SMILES string of the molecule is CCCCCCNC(=NCC(O)c1cccc(OC)c1)NCC.I. The Morgan fingerprint density at radius 2 is 2.00 bits per heavy atom. The molecule has 0 saturated heterocycles. The van der Waals surface area contributed by atoms with Gasteiger partial charge in [-0.3, -0.25) is 4.99 Å². The Morgan fingerprint density at radius 1 is 1.21 bits per heavy atom. The smallest absolute Gasteiger partial charge is 0.191 e. The Balaban J connectivity index is 0.00000529. The zero-order valence-electron chi connectivity index (χ0n) is 15.0. The van der Waals surface area contributed by atoms with Gasteiger partial charge in [-0.2, -0.15) is 0 Å². The number of methoxy groups -OCH3 is 1. The number of hydrogen-bond donors (Lipinski definition) is 3. The van der Waals surface area contributed by atoms with E-state index in [4.69, 9.17) is 4.74 Å². The van der Waals surface area contributed by atoms with Crippen LogP contribution in [0.15, 0.2) is 29.3 Å². The molecule has 0 aliphatic heterocycles. The third kappa shape index (κ3) is 9.32. The fourth-order valence-corrected chi connectivity index (χ4v) is 2.23. The molecule has 0 radical (unpaired) electrons.